The number of nitrogens with zero attached hydrogens (tertiary/aromatic N) is 2. The van der Waals surface area contributed by atoms with E-state index in [2.05, 4.69) is 136 Å². The van der Waals surface area contributed by atoms with Crippen LogP contribution >= 0.6 is 11.3 Å². The molecule has 3 aromatic heterocycles. The van der Waals surface area contributed by atoms with Crippen molar-refractivity contribution < 1.29 is 4.42 Å². The van der Waals surface area contributed by atoms with Gasteiger partial charge >= 0.3 is 0 Å². The minimum Gasteiger partial charge on any atom is -0.456 e. The van der Waals surface area contributed by atoms with Crippen molar-refractivity contribution >= 4 is 64.4 Å². The van der Waals surface area contributed by atoms with Gasteiger partial charge in [0.15, 0.2) is 5.82 Å². The van der Waals surface area contributed by atoms with Crippen molar-refractivity contribution in [2.45, 2.75) is 26.2 Å². The maximum atomic E-state index is 6.37. The third-order valence-corrected chi connectivity index (χ3v) is 11.7. The molecule has 0 saturated carbocycles. The van der Waals surface area contributed by atoms with Crippen molar-refractivity contribution in [1.82, 2.24) is 9.97 Å². The highest BCUT2D eigenvalue weighted by Crippen LogP contribution is 2.55. The van der Waals surface area contributed by atoms with E-state index in [9.17, 15) is 0 Å². The lowest BCUT2D eigenvalue weighted by molar-refractivity contribution is 0.414. The number of fused-ring (bicyclic) bond motifs is 11. The highest BCUT2D eigenvalue weighted by molar-refractivity contribution is 7.26. The Hall–Kier alpha value is -5.32. The molecule has 0 aliphatic heterocycles. The predicted molar refractivity (Wildman–Crippen MR) is 197 cm³/mol. The Morgan fingerprint density at radius 3 is 2.21 bits per heavy atom. The molecule has 3 heterocycles. The number of aromatic nitrogens is 2. The minimum absolute atomic E-state index is 0.151. The van der Waals surface area contributed by atoms with Gasteiger partial charge in [0.2, 0.25) is 0 Å². The smallest absolute Gasteiger partial charge is 0.160 e. The van der Waals surface area contributed by atoms with E-state index in [1.165, 1.54) is 42.4 Å². The molecule has 0 spiro atoms. The Labute approximate surface area is 276 Å². The van der Waals surface area contributed by atoms with Gasteiger partial charge in [0.1, 0.15) is 11.2 Å². The molecule has 224 valence electrons. The molecule has 0 amide bonds. The summed E-state index contributed by atoms with van der Waals surface area (Å²) in [5.41, 5.74) is 11.0. The number of thiophene rings is 1. The number of hydrogen-bond acceptors (Lipinski definition) is 4. The number of para-hydroxylation sites is 1. The van der Waals surface area contributed by atoms with Crippen LogP contribution in [0, 0.1) is 5.92 Å². The number of benzene rings is 6. The van der Waals surface area contributed by atoms with E-state index in [1.54, 1.807) is 0 Å². The lowest BCUT2D eigenvalue weighted by Crippen LogP contribution is -2.27. The molecular weight excluding hydrogens is 593 g/mol. The first-order valence-corrected chi connectivity index (χ1v) is 17.1. The topological polar surface area (TPSA) is 38.9 Å². The zero-order chi connectivity index (χ0) is 31.4. The summed E-state index contributed by atoms with van der Waals surface area (Å²) in [6.07, 6.45) is 0. The van der Waals surface area contributed by atoms with Crippen LogP contribution in [0.25, 0.3) is 86.8 Å². The summed E-state index contributed by atoms with van der Waals surface area (Å²) in [6.45, 7) is 7.03. The molecule has 0 N–H and O–H groups in total. The average Bonchev–Trinajstić information content (AvgIpc) is 3.75. The van der Waals surface area contributed by atoms with Crippen molar-refractivity contribution in [3.8, 4) is 33.8 Å². The summed E-state index contributed by atoms with van der Waals surface area (Å²) in [5.74, 6) is 1.13. The molecule has 6 aromatic carbocycles. The molecule has 3 nitrogen and oxygen atoms in total. The number of furan rings is 1. The fraction of sp³-hybridized carbons (Fsp3) is 0.116. The summed E-state index contributed by atoms with van der Waals surface area (Å²) in [5, 5.41) is 5.91. The molecule has 47 heavy (non-hydrogen) atoms. The lowest BCUT2D eigenvalue weighted by Gasteiger charge is -2.32. The first-order chi connectivity index (χ1) is 23.0. The van der Waals surface area contributed by atoms with Crippen LogP contribution in [0.2, 0.25) is 0 Å². The second kappa shape index (κ2) is 9.60. The molecular formula is C43H30N2OS. The van der Waals surface area contributed by atoms with Crippen molar-refractivity contribution in [1.29, 1.82) is 0 Å². The van der Waals surface area contributed by atoms with Crippen LogP contribution < -0.4 is 0 Å². The second-order valence-electron chi connectivity index (χ2n) is 13.3. The first kappa shape index (κ1) is 26.9. The van der Waals surface area contributed by atoms with Gasteiger partial charge in [-0.05, 0) is 70.6 Å². The largest absolute Gasteiger partial charge is 0.456 e. The Morgan fingerprint density at radius 1 is 0.596 bits per heavy atom. The van der Waals surface area contributed by atoms with Crippen molar-refractivity contribution in [2.24, 2.45) is 5.92 Å². The van der Waals surface area contributed by atoms with Gasteiger partial charge in [-0.1, -0.05) is 99.6 Å². The van der Waals surface area contributed by atoms with E-state index in [1.807, 2.05) is 17.4 Å². The third kappa shape index (κ3) is 3.68. The Bertz CT molecular complexity index is 2740. The fourth-order valence-electron chi connectivity index (χ4n) is 7.92. The summed E-state index contributed by atoms with van der Waals surface area (Å²) >= 11 is 1.83. The zero-order valence-electron chi connectivity index (χ0n) is 26.3. The fourth-order valence-corrected chi connectivity index (χ4v) is 9.04. The Balaban J connectivity index is 1.24. The highest BCUT2D eigenvalue weighted by Gasteiger charge is 2.42. The number of hydrogen-bond donors (Lipinski definition) is 0. The van der Waals surface area contributed by atoms with Gasteiger partial charge in [-0.25, -0.2) is 9.97 Å². The van der Waals surface area contributed by atoms with E-state index in [4.69, 9.17) is 14.4 Å². The van der Waals surface area contributed by atoms with E-state index in [-0.39, 0.29) is 5.41 Å². The molecule has 0 saturated heterocycles. The van der Waals surface area contributed by atoms with E-state index < -0.39 is 0 Å². The maximum Gasteiger partial charge on any atom is 0.160 e. The second-order valence-corrected chi connectivity index (χ2v) is 14.4. The average molecular weight is 623 g/mol. The van der Waals surface area contributed by atoms with Crippen LogP contribution in [-0.4, -0.2) is 9.97 Å². The third-order valence-electron chi connectivity index (χ3n) is 10.6. The molecule has 1 aliphatic rings. The molecule has 1 atom stereocenters. The van der Waals surface area contributed by atoms with Crippen molar-refractivity contribution in [3.05, 3.63) is 132 Å². The molecule has 10 rings (SSSR count). The van der Waals surface area contributed by atoms with Gasteiger partial charge < -0.3 is 4.42 Å². The van der Waals surface area contributed by atoms with Crippen LogP contribution in [0.3, 0.4) is 0 Å². The summed E-state index contributed by atoms with van der Waals surface area (Å²) in [4.78, 5) is 10.7. The van der Waals surface area contributed by atoms with E-state index in [0.29, 0.717) is 5.92 Å². The van der Waals surface area contributed by atoms with Gasteiger partial charge in [0.05, 0.1) is 11.2 Å². The monoisotopic (exact) mass is 622 g/mol. The van der Waals surface area contributed by atoms with Gasteiger partial charge in [0.25, 0.3) is 0 Å². The van der Waals surface area contributed by atoms with Crippen molar-refractivity contribution in [2.75, 3.05) is 0 Å². The van der Waals surface area contributed by atoms with Crippen LogP contribution in [0.1, 0.15) is 31.9 Å². The maximum absolute atomic E-state index is 6.37. The minimum atomic E-state index is -0.151. The van der Waals surface area contributed by atoms with Gasteiger partial charge in [-0.2, -0.15) is 0 Å². The molecule has 0 bridgehead atoms. The Kier molecular flexibility index (Phi) is 5.49. The van der Waals surface area contributed by atoms with E-state index >= 15 is 0 Å². The molecule has 1 aliphatic carbocycles. The summed E-state index contributed by atoms with van der Waals surface area (Å²) in [7, 11) is 0. The van der Waals surface area contributed by atoms with Crippen molar-refractivity contribution in [3.63, 3.8) is 0 Å². The summed E-state index contributed by atoms with van der Waals surface area (Å²) < 4.78 is 8.91. The van der Waals surface area contributed by atoms with Crippen LogP contribution in [-0.2, 0) is 5.41 Å². The van der Waals surface area contributed by atoms with Gasteiger partial charge in [0, 0.05) is 52.9 Å². The lowest BCUT2D eigenvalue weighted by atomic mass is 9.71. The standard InChI is InChI=1S/C43H30N2OS/c1-24(2)43(3)32-18-17-26(21-29(32)30-22-31-27-13-7-9-15-35(27)46-36(31)23-33(30)43)42-44-34-19-20-38-39(28-14-8-10-16-37(28)47-38)40(34)41(45-42)25-11-5-4-6-12-25/h4-24H,1-3H3. The summed E-state index contributed by atoms with van der Waals surface area (Å²) in [6, 6.07) is 43.5. The number of rotatable bonds is 3. The molecule has 0 fully saturated rings. The van der Waals surface area contributed by atoms with Crippen LogP contribution in [0.4, 0.5) is 0 Å². The van der Waals surface area contributed by atoms with Gasteiger partial charge in [-0.15, -0.1) is 11.3 Å². The first-order valence-electron chi connectivity index (χ1n) is 16.3. The van der Waals surface area contributed by atoms with Crippen LogP contribution in [0.5, 0.6) is 0 Å². The highest BCUT2D eigenvalue weighted by atomic mass is 32.1. The van der Waals surface area contributed by atoms with Crippen LogP contribution in [0.15, 0.2) is 126 Å². The zero-order valence-corrected chi connectivity index (χ0v) is 27.2. The normalized spacial score (nSPS) is 15.8. The molecule has 1 unspecified atom stereocenters. The quantitative estimate of drug-likeness (QED) is 0.197. The van der Waals surface area contributed by atoms with E-state index in [0.717, 1.165) is 55.5 Å². The molecule has 4 heteroatoms. The molecule has 0 radical (unpaired) electrons. The Morgan fingerprint density at radius 2 is 1.36 bits per heavy atom. The molecule has 9 aromatic rings. The SMILES string of the molecule is CC(C)C1(C)c2ccc(-c3nc(-c4ccccc4)c4c(ccc5sc6ccccc6c54)n3)cc2-c2cc3c(cc21)oc1ccccc13. The van der Waals surface area contributed by atoms with Gasteiger partial charge in [-0.3, -0.25) is 0 Å². The predicted octanol–water partition coefficient (Wildman–Crippen LogP) is 12.2.